The van der Waals surface area contributed by atoms with Crippen molar-refractivity contribution in [2.75, 3.05) is 19.6 Å². The van der Waals surface area contributed by atoms with Crippen LogP contribution < -0.4 is 5.32 Å². The largest absolute Gasteiger partial charge is 0.480 e. The molecule has 0 radical (unpaired) electrons. The van der Waals surface area contributed by atoms with E-state index in [-0.39, 0.29) is 0 Å². The molecule has 100 valence electrons. The van der Waals surface area contributed by atoms with Gasteiger partial charge in [-0.1, -0.05) is 13.8 Å². The molecule has 1 aromatic rings. The molecule has 5 nitrogen and oxygen atoms in total. The Labute approximate surface area is 111 Å². The molecule has 0 spiro atoms. The second-order valence-corrected chi connectivity index (χ2v) is 5.75. The van der Waals surface area contributed by atoms with E-state index in [0.717, 1.165) is 23.8 Å². The first-order chi connectivity index (χ1) is 8.58. The summed E-state index contributed by atoms with van der Waals surface area (Å²) >= 11 is 1.66. The molecule has 1 unspecified atom stereocenters. The summed E-state index contributed by atoms with van der Waals surface area (Å²) in [7, 11) is 0. The van der Waals surface area contributed by atoms with Gasteiger partial charge in [0.2, 0.25) is 0 Å². The molecule has 0 bridgehead atoms. The minimum atomic E-state index is -0.762. The number of carboxylic acid groups (broad SMARTS) is 1. The fourth-order valence-corrected chi connectivity index (χ4v) is 2.87. The summed E-state index contributed by atoms with van der Waals surface area (Å²) in [6, 6.07) is -0.442. The first-order valence-electron chi connectivity index (χ1n) is 6.20. The highest BCUT2D eigenvalue weighted by Gasteiger charge is 2.28. The Morgan fingerprint density at radius 2 is 2.50 bits per heavy atom. The number of aliphatic carboxylic acids is 1. The third-order valence-corrected chi connectivity index (χ3v) is 4.26. The maximum Gasteiger partial charge on any atom is 0.322 e. The second kappa shape index (κ2) is 5.77. The van der Waals surface area contributed by atoms with Gasteiger partial charge < -0.3 is 10.4 Å². The van der Waals surface area contributed by atoms with Gasteiger partial charge in [0, 0.05) is 37.5 Å². The lowest BCUT2D eigenvalue weighted by Gasteiger charge is -2.32. The van der Waals surface area contributed by atoms with Crippen LogP contribution in [0.5, 0.6) is 0 Å². The Morgan fingerprint density at radius 1 is 1.72 bits per heavy atom. The summed E-state index contributed by atoms with van der Waals surface area (Å²) in [4.78, 5) is 17.7. The third kappa shape index (κ3) is 3.07. The number of thiazole rings is 1. The monoisotopic (exact) mass is 269 g/mol. The SMILES string of the molecule is CC(C)c1nc(CN2CCNCC2C(=O)O)cs1. The van der Waals surface area contributed by atoms with Crippen LogP contribution in [-0.4, -0.2) is 46.6 Å². The van der Waals surface area contributed by atoms with Gasteiger partial charge in [0.05, 0.1) is 10.7 Å². The molecule has 0 aromatic carbocycles. The maximum atomic E-state index is 11.2. The quantitative estimate of drug-likeness (QED) is 0.857. The van der Waals surface area contributed by atoms with Crippen molar-refractivity contribution in [3.63, 3.8) is 0 Å². The Morgan fingerprint density at radius 3 is 3.11 bits per heavy atom. The summed E-state index contributed by atoms with van der Waals surface area (Å²) in [6.07, 6.45) is 0. The summed E-state index contributed by atoms with van der Waals surface area (Å²) in [5, 5.41) is 15.5. The lowest BCUT2D eigenvalue weighted by atomic mass is 10.2. The molecule has 1 saturated heterocycles. The number of nitrogens with one attached hydrogen (secondary N) is 1. The van der Waals surface area contributed by atoms with Crippen molar-refractivity contribution < 1.29 is 9.90 Å². The van der Waals surface area contributed by atoms with Crippen LogP contribution in [0, 0.1) is 0 Å². The lowest BCUT2D eigenvalue weighted by Crippen LogP contribution is -2.54. The molecule has 1 aliphatic rings. The molecular weight excluding hydrogens is 250 g/mol. The zero-order valence-corrected chi connectivity index (χ0v) is 11.5. The Bertz CT molecular complexity index is 419. The molecule has 2 rings (SSSR count). The average Bonchev–Trinajstić information content (AvgIpc) is 2.78. The average molecular weight is 269 g/mol. The molecule has 1 atom stereocenters. The predicted molar refractivity (Wildman–Crippen MR) is 70.9 cm³/mol. The van der Waals surface area contributed by atoms with Gasteiger partial charge in [0.1, 0.15) is 6.04 Å². The fraction of sp³-hybridized carbons (Fsp3) is 0.667. The minimum absolute atomic E-state index is 0.432. The number of nitrogens with zero attached hydrogens (tertiary/aromatic N) is 2. The van der Waals surface area contributed by atoms with Crippen molar-refractivity contribution in [1.82, 2.24) is 15.2 Å². The Kier molecular flexibility index (Phi) is 4.31. The molecular formula is C12H19N3O2S. The van der Waals surface area contributed by atoms with Crippen LogP contribution in [0.25, 0.3) is 0 Å². The number of hydrogen-bond donors (Lipinski definition) is 2. The zero-order valence-electron chi connectivity index (χ0n) is 10.7. The highest BCUT2D eigenvalue weighted by Crippen LogP contribution is 2.20. The van der Waals surface area contributed by atoms with E-state index in [9.17, 15) is 9.90 Å². The predicted octanol–water partition coefficient (Wildman–Crippen LogP) is 1.12. The van der Waals surface area contributed by atoms with Crippen molar-refractivity contribution in [2.45, 2.75) is 32.4 Å². The van der Waals surface area contributed by atoms with E-state index in [4.69, 9.17) is 0 Å². The molecule has 1 aliphatic heterocycles. The number of aromatic nitrogens is 1. The Hall–Kier alpha value is -0.980. The number of hydrogen-bond acceptors (Lipinski definition) is 5. The van der Waals surface area contributed by atoms with Crippen LogP contribution >= 0.6 is 11.3 Å². The van der Waals surface area contributed by atoms with Gasteiger partial charge in [-0.3, -0.25) is 9.69 Å². The van der Waals surface area contributed by atoms with Gasteiger partial charge in [-0.25, -0.2) is 4.98 Å². The molecule has 6 heteroatoms. The van der Waals surface area contributed by atoms with E-state index in [0.29, 0.717) is 19.0 Å². The van der Waals surface area contributed by atoms with E-state index < -0.39 is 12.0 Å². The molecule has 1 fully saturated rings. The summed E-state index contributed by atoms with van der Waals surface area (Å²) < 4.78 is 0. The smallest absolute Gasteiger partial charge is 0.322 e. The van der Waals surface area contributed by atoms with Gasteiger partial charge in [0.15, 0.2) is 0 Å². The van der Waals surface area contributed by atoms with E-state index in [2.05, 4.69) is 24.1 Å². The highest BCUT2D eigenvalue weighted by molar-refractivity contribution is 7.09. The molecule has 2 heterocycles. The van der Waals surface area contributed by atoms with Crippen LogP contribution in [0.3, 0.4) is 0 Å². The van der Waals surface area contributed by atoms with Crippen LogP contribution in [0.15, 0.2) is 5.38 Å². The summed E-state index contributed by atoms with van der Waals surface area (Å²) in [5.41, 5.74) is 0.983. The van der Waals surface area contributed by atoms with Crippen molar-refractivity contribution in [2.24, 2.45) is 0 Å². The normalized spacial score (nSPS) is 21.4. The minimum Gasteiger partial charge on any atom is -0.480 e. The number of carboxylic acids is 1. The van der Waals surface area contributed by atoms with Gasteiger partial charge in [-0.15, -0.1) is 11.3 Å². The van der Waals surface area contributed by atoms with Crippen molar-refractivity contribution in [1.29, 1.82) is 0 Å². The van der Waals surface area contributed by atoms with Crippen molar-refractivity contribution in [3.8, 4) is 0 Å². The second-order valence-electron chi connectivity index (χ2n) is 4.86. The van der Waals surface area contributed by atoms with Crippen molar-refractivity contribution >= 4 is 17.3 Å². The van der Waals surface area contributed by atoms with Crippen LogP contribution in [0.2, 0.25) is 0 Å². The molecule has 2 N–H and O–H groups in total. The van der Waals surface area contributed by atoms with E-state index >= 15 is 0 Å². The molecule has 0 aliphatic carbocycles. The topological polar surface area (TPSA) is 65.5 Å². The highest BCUT2D eigenvalue weighted by atomic mass is 32.1. The zero-order chi connectivity index (χ0) is 13.1. The van der Waals surface area contributed by atoms with E-state index in [1.165, 1.54) is 0 Å². The summed E-state index contributed by atoms with van der Waals surface area (Å²) in [6.45, 7) is 6.97. The number of carbonyl (C=O) groups is 1. The van der Waals surface area contributed by atoms with Crippen molar-refractivity contribution in [3.05, 3.63) is 16.1 Å². The maximum absolute atomic E-state index is 11.2. The van der Waals surface area contributed by atoms with Gasteiger partial charge in [-0.2, -0.15) is 0 Å². The molecule has 0 amide bonds. The van der Waals surface area contributed by atoms with Crippen LogP contribution in [-0.2, 0) is 11.3 Å². The molecule has 18 heavy (non-hydrogen) atoms. The third-order valence-electron chi connectivity index (χ3n) is 3.07. The van der Waals surface area contributed by atoms with Crippen LogP contribution in [0.4, 0.5) is 0 Å². The fourth-order valence-electron chi connectivity index (χ4n) is 2.05. The summed E-state index contributed by atoms with van der Waals surface area (Å²) in [5.74, 6) is -0.330. The lowest BCUT2D eigenvalue weighted by molar-refractivity contribution is -0.144. The van der Waals surface area contributed by atoms with Gasteiger partial charge >= 0.3 is 5.97 Å². The Balaban J connectivity index is 2.03. The first-order valence-corrected chi connectivity index (χ1v) is 7.07. The van der Waals surface area contributed by atoms with E-state index in [1.54, 1.807) is 11.3 Å². The van der Waals surface area contributed by atoms with Gasteiger partial charge in [-0.05, 0) is 0 Å². The number of rotatable bonds is 4. The standard InChI is InChI=1S/C12H19N3O2S/c1-8(2)11-14-9(7-18-11)6-15-4-3-13-5-10(15)12(16)17/h7-8,10,13H,3-6H2,1-2H3,(H,16,17). The number of piperazine rings is 1. The molecule has 1 aromatic heterocycles. The molecule has 0 saturated carbocycles. The first kappa shape index (κ1) is 13.5. The van der Waals surface area contributed by atoms with Crippen LogP contribution in [0.1, 0.15) is 30.5 Å². The van der Waals surface area contributed by atoms with Gasteiger partial charge in [0.25, 0.3) is 0 Å². The van der Waals surface area contributed by atoms with E-state index in [1.807, 2.05) is 10.3 Å².